The molecular weight excluding hydrogens is 208 g/mol. The molecule has 0 heterocycles. The summed E-state index contributed by atoms with van der Waals surface area (Å²) in [7, 11) is 2.15. The molecule has 0 aliphatic heterocycles. The molecule has 96 valence electrons. The van der Waals surface area contributed by atoms with Gasteiger partial charge in [-0.2, -0.15) is 0 Å². The first-order chi connectivity index (χ1) is 7.73. The minimum atomic E-state index is 0.106. The molecule has 0 aliphatic carbocycles. The summed E-state index contributed by atoms with van der Waals surface area (Å²) in [5.41, 5.74) is 8.56. The van der Waals surface area contributed by atoms with E-state index in [1.54, 1.807) is 0 Å². The van der Waals surface area contributed by atoms with Crippen LogP contribution in [0.25, 0.3) is 0 Å². The van der Waals surface area contributed by atoms with Crippen LogP contribution < -0.4 is 10.6 Å². The topological polar surface area (TPSA) is 29.3 Å². The zero-order valence-electron chi connectivity index (χ0n) is 12.0. The molecule has 0 bridgehead atoms. The van der Waals surface area contributed by atoms with Gasteiger partial charge >= 0.3 is 0 Å². The van der Waals surface area contributed by atoms with E-state index in [0.29, 0.717) is 6.04 Å². The molecule has 1 aromatic rings. The van der Waals surface area contributed by atoms with E-state index in [9.17, 15) is 0 Å². The van der Waals surface area contributed by atoms with Gasteiger partial charge < -0.3 is 10.6 Å². The van der Waals surface area contributed by atoms with E-state index >= 15 is 0 Å². The Kier molecular flexibility index (Phi) is 4.21. The van der Waals surface area contributed by atoms with Gasteiger partial charge in [0.2, 0.25) is 0 Å². The molecule has 2 heteroatoms. The summed E-state index contributed by atoms with van der Waals surface area (Å²) < 4.78 is 0. The number of nitrogens with two attached hydrogens (primary N) is 1. The maximum Gasteiger partial charge on any atom is 0.0366 e. The van der Waals surface area contributed by atoms with E-state index in [0.717, 1.165) is 0 Å². The third kappa shape index (κ3) is 3.47. The van der Waals surface area contributed by atoms with Crippen LogP contribution in [0.1, 0.15) is 46.2 Å². The molecule has 0 saturated carbocycles. The van der Waals surface area contributed by atoms with Crippen molar-refractivity contribution in [3.05, 3.63) is 29.8 Å². The number of hydrogen-bond acceptors (Lipinski definition) is 2. The van der Waals surface area contributed by atoms with Gasteiger partial charge in [0, 0.05) is 24.8 Å². The molecule has 0 amide bonds. The Hall–Kier alpha value is -1.02. The zero-order valence-corrected chi connectivity index (χ0v) is 12.0. The van der Waals surface area contributed by atoms with Gasteiger partial charge in [-0.1, -0.05) is 32.9 Å². The van der Waals surface area contributed by atoms with Gasteiger partial charge in [0.1, 0.15) is 0 Å². The quantitative estimate of drug-likeness (QED) is 0.866. The molecular formula is C15H26N2. The first kappa shape index (κ1) is 14.0. The van der Waals surface area contributed by atoms with Crippen molar-refractivity contribution in [1.82, 2.24) is 0 Å². The maximum absolute atomic E-state index is 5.86. The third-order valence-corrected chi connectivity index (χ3v) is 3.66. The predicted octanol–water partition coefficient (Wildman–Crippen LogP) is 3.58. The lowest BCUT2D eigenvalue weighted by atomic mass is 9.87. The second kappa shape index (κ2) is 5.09. The molecule has 17 heavy (non-hydrogen) atoms. The van der Waals surface area contributed by atoms with E-state index in [4.69, 9.17) is 5.73 Å². The van der Waals surface area contributed by atoms with Crippen LogP contribution in [-0.4, -0.2) is 13.1 Å². The maximum atomic E-state index is 5.86. The van der Waals surface area contributed by atoms with Crippen LogP contribution in [0.3, 0.4) is 0 Å². The summed E-state index contributed by atoms with van der Waals surface area (Å²) in [5, 5.41) is 0. The summed E-state index contributed by atoms with van der Waals surface area (Å²) in [6.07, 6.45) is 0. The molecule has 1 unspecified atom stereocenters. The van der Waals surface area contributed by atoms with Crippen molar-refractivity contribution in [2.75, 3.05) is 11.9 Å². The first-order valence-corrected chi connectivity index (χ1v) is 6.32. The average Bonchev–Trinajstić information content (AvgIpc) is 2.26. The predicted molar refractivity (Wildman–Crippen MR) is 76.4 cm³/mol. The minimum absolute atomic E-state index is 0.106. The van der Waals surface area contributed by atoms with Gasteiger partial charge in [-0.05, 0) is 37.0 Å². The van der Waals surface area contributed by atoms with Gasteiger partial charge in [0.05, 0.1) is 0 Å². The Labute approximate surface area is 106 Å². The smallest absolute Gasteiger partial charge is 0.0366 e. The van der Waals surface area contributed by atoms with Crippen molar-refractivity contribution in [1.29, 1.82) is 0 Å². The molecule has 0 saturated heterocycles. The first-order valence-electron chi connectivity index (χ1n) is 6.32. The van der Waals surface area contributed by atoms with Crippen LogP contribution in [0.2, 0.25) is 0 Å². The largest absolute Gasteiger partial charge is 0.371 e. The second-order valence-corrected chi connectivity index (χ2v) is 6.03. The highest BCUT2D eigenvalue weighted by Crippen LogP contribution is 2.27. The summed E-state index contributed by atoms with van der Waals surface area (Å²) in [4.78, 5) is 2.32. The lowest BCUT2D eigenvalue weighted by molar-refractivity contribution is 0.330. The van der Waals surface area contributed by atoms with Gasteiger partial charge in [-0.3, -0.25) is 0 Å². The van der Waals surface area contributed by atoms with Crippen LogP contribution in [0, 0.1) is 5.41 Å². The SMILES string of the molecule is CC(N(C)c1ccc([C@@H](C)N)cc1)C(C)(C)C. The van der Waals surface area contributed by atoms with Crippen molar-refractivity contribution in [3.8, 4) is 0 Å². The molecule has 2 atom stereocenters. The van der Waals surface area contributed by atoms with Gasteiger partial charge in [0.15, 0.2) is 0 Å². The third-order valence-electron chi connectivity index (χ3n) is 3.66. The second-order valence-electron chi connectivity index (χ2n) is 6.03. The summed E-state index contributed by atoms with van der Waals surface area (Å²) in [6.45, 7) is 11.1. The Bertz CT molecular complexity index is 346. The number of anilines is 1. The summed E-state index contributed by atoms with van der Waals surface area (Å²) in [6, 6.07) is 9.14. The number of hydrogen-bond donors (Lipinski definition) is 1. The average molecular weight is 234 g/mol. The zero-order chi connectivity index (χ0) is 13.2. The molecule has 0 aromatic heterocycles. The lowest BCUT2D eigenvalue weighted by Gasteiger charge is -2.37. The van der Waals surface area contributed by atoms with Crippen LogP contribution in [0.15, 0.2) is 24.3 Å². The Morgan fingerprint density at radius 2 is 1.53 bits per heavy atom. The Morgan fingerprint density at radius 3 is 1.88 bits per heavy atom. The van der Waals surface area contributed by atoms with Crippen molar-refractivity contribution >= 4 is 5.69 Å². The molecule has 0 aliphatic rings. The highest BCUT2D eigenvalue weighted by Gasteiger charge is 2.23. The van der Waals surface area contributed by atoms with E-state index < -0.39 is 0 Å². The van der Waals surface area contributed by atoms with Gasteiger partial charge in [-0.25, -0.2) is 0 Å². The molecule has 1 aromatic carbocycles. The van der Waals surface area contributed by atoms with Crippen molar-refractivity contribution in [2.24, 2.45) is 11.1 Å². The van der Waals surface area contributed by atoms with Crippen LogP contribution in [0.4, 0.5) is 5.69 Å². The van der Waals surface area contributed by atoms with Gasteiger partial charge in [-0.15, -0.1) is 0 Å². The Morgan fingerprint density at radius 1 is 1.06 bits per heavy atom. The van der Waals surface area contributed by atoms with Crippen molar-refractivity contribution in [2.45, 2.75) is 46.7 Å². The van der Waals surface area contributed by atoms with Crippen LogP contribution in [-0.2, 0) is 0 Å². The fourth-order valence-electron chi connectivity index (χ4n) is 1.82. The van der Waals surface area contributed by atoms with Crippen molar-refractivity contribution in [3.63, 3.8) is 0 Å². The summed E-state index contributed by atoms with van der Waals surface area (Å²) in [5.74, 6) is 0. The number of rotatable bonds is 3. The lowest BCUT2D eigenvalue weighted by Crippen LogP contribution is -2.39. The molecule has 2 nitrogen and oxygen atoms in total. The molecule has 0 spiro atoms. The van der Waals surface area contributed by atoms with E-state index in [1.807, 2.05) is 6.92 Å². The van der Waals surface area contributed by atoms with Crippen molar-refractivity contribution < 1.29 is 0 Å². The molecule has 0 radical (unpaired) electrons. The minimum Gasteiger partial charge on any atom is -0.371 e. The highest BCUT2D eigenvalue weighted by molar-refractivity contribution is 5.48. The number of nitrogens with zero attached hydrogens (tertiary/aromatic N) is 1. The normalized spacial score (nSPS) is 15.5. The Balaban J connectivity index is 2.87. The van der Waals surface area contributed by atoms with Crippen LogP contribution in [0.5, 0.6) is 0 Å². The molecule has 1 rings (SSSR count). The fourth-order valence-corrected chi connectivity index (χ4v) is 1.82. The standard InChI is InChI=1S/C15H26N2/c1-11(16)13-7-9-14(10-8-13)17(6)12(2)15(3,4)5/h7-12H,16H2,1-6H3/t11-,12?/m1/s1. The molecule has 2 N–H and O–H groups in total. The van der Waals surface area contributed by atoms with E-state index in [2.05, 4.69) is 63.9 Å². The van der Waals surface area contributed by atoms with E-state index in [-0.39, 0.29) is 11.5 Å². The number of benzene rings is 1. The van der Waals surface area contributed by atoms with Gasteiger partial charge in [0.25, 0.3) is 0 Å². The molecule has 0 fully saturated rings. The monoisotopic (exact) mass is 234 g/mol. The summed E-state index contributed by atoms with van der Waals surface area (Å²) >= 11 is 0. The van der Waals surface area contributed by atoms with E-state index in [1.165, 1.54) is 11.3 Å². The fraction of sp³-hybridized carbons (Fsp3) is 0.600. The van der Waals surface area contributed by atoms with Crippen LogP contribution >= 0.6 is 0 Å². The highest BCUT2D eigenvalue weighted by atomic mass is 15.1.